The lowest BCUT2D eigenvalue weighted by atomic mass is 10.4. The molecule has 0 saturated heterocycles. The third-order valence-corrected chi connectivity index (χ3v) is 3.41. The zero-order valence-electron chi connectivity index (χ0n) is 8.16. The molecule has 1 heterocycles. The first-order valence-corrected chi connectivity index (χ1v) is 5.71. The highest BCUT2D eigenvalue weighted by Gasteiger charge is 2.21. The molecule has 7 nitrogen and oxygen atoms in total. The van der Waals surface area contributed by atoms with Crippen LogP contribution in [-0.4, -0.2) is 47.7 Å². The largest absolute Gasteiger partial charge is 0.395 e. The first-order valence-electron chi connectivity index (χ1n) is 4.23. The molecule has 0 fully saturated rings. The third kappa shape index (κ3) is 2.75. The molecular weight excluding hydrogens is 222 g/mol. The van der Waals surface area contributed by atoms with Crippen LogP contribution in [0.1, 0.15) is 0 Å². The number of hydrogen-bond donors (Lipinski definition) is 3. The number of aryl methyl sites for hydroxylation is 1. The van der Waals surface area contributed by atoms with E-state index >= 15 is 0 Å². The van der Waals surface area contributed by atoms with E-state index in [9.17, 15) is 8.42 Å². The van der Waals surface area contributed by atoms with Gasteiger partial charge in [-0.2, -0.15) is 5.10 Å². The average Bonchev–Trinajstić information content (AvgIpc) is 2.61. The van der Waals surface area contributed by atoms with Crippen LogP contribution in [0.5, 0.6) is 0 Å². The molecule has 0 aliphatic heterocycles. The van der Waals surface area contributed by atoms with Crippen molar-refractivity contribution in [1.82, 2.24) is 14.5 Å². The van der Waals surface area contributed by atoms with Crippen LogP contribution >= 0.6 is 0 Å². The van der Waals surface area contributed by atoms with Gasteiger partial charge in [0.25, 0.3) is 10.0 Å². The summed E-state index contributed by atoms with van der Waals surface area (Å²) in [4.78, 5) is 0. The maximum atomic E-state index is 11.6. The second-order valence-corrected chi connectivity index (χ2v) is 4.64. The molecule has 0 saturated carbocycles. The quantitative estimate of drug-likeness (QED) is 0.550. The average molecular weight is 235 g/mol. The van der Waals surface area contributed by atoms with Gasteiger partial charge in [0.15, 0.2) is 5.03 Å². The summed E-state index contributed by atoms with van der Waals surface area (Å²) in [6.45, 7) is -0.929. The van der Waals surface area contributed by atoms with Crippen LogP contribution in [0.4, 0.5) is 0 Å². The molecule has 1 aromatic rings. The van der Waals surface area contributed by atoms with Crippen molar-refractivity contribution in [3.05, 3.63) is 12.3 Å². The van der Waals surface area contributed by atoms with Gasteiger partial charge in [0.2, 0.25) is 0 Å². The topological polar surface area (TPSA) is 104 Å². The van der Waals surface area contributed by atoms with Gasteiger partial charge in [-0.05, 0) is 6.07 Å². The maximum absolute atomic E-state index is 11.6. The van der Waals surface area contributed by atoms with Crippen LogP contribution in [0.2, 0.25) is 0 Å². The Morgan fingerprint density at radius 2 is 2.13 bits per heavy atom. The molecule has 1 rings (SSSR count). The highest BCUT2D eigenvalue weighted by atomic mass is 32.2. The van der Waals surface area contributed by atoms with Crippen molar-refractivity contribution in [3.63, 3.8) is 0 Å². The van der Waals surface area contributed by atoms with Crippen LogP contribution in [0.25, 0.3) is 0 Å². The molecular formula is C7H13N3O4S. The number of nitrogens with zero attached hydrogens (tertiary/aromatic N) is 2. The Hall–Kier alpha value is -0.960. The first kappa shape index (κ1) is 12.1. The summed E-state index contributed by atoms with van der Waals surface area (Å²) >= 11 is 0. The van der Waals surface area contributed by atoms with Gasteiger partial charge in [-0.3, -0.25) is 4.68 Å². The van der Waals surface area contributed by atoms with E-state index in [2.05, 4.69) is 9.82 Å². The van der Waals surface area contributed by atoms with Crippen molar-refractivity contribution < 1.29 is 18.6 Å². The number of nitrogens with one attached hydrogen (secondary N) is 1. The monoisotopic (exact) mass is 235 g/mol. The smallest absolute Gasteiger partial charge is 0.258 e. The van der Waals surface area contributed by atoms with Crippen LogP contribution in [0.15, 0.2) is 17.3 Å². The molecule has 86 valence electrons. The second kappa shape index (κ2) is 4.71. The molecule has 8 heteroatoms. The highest BCUT2D eigenvalue weighted by molar-refractivity contribution is 7.89. The molecule has 15 heavy (non-hydrogen) atoms. The molecule has 0 aliphatic rings. The molecule has 3 N–H and O–H groups in total. The lowest BCUT2D eigenvalue weighted by Gasteiger charge is -2.13. The number of sulfonamides is 1. The van der Waals surface area contributed by atoms with Gasteiger partial charge in [0, 0.05) is 7.05 Å². The summed E-state index contributed by atoms with van der Waals surface area (Å²) in [5.74, 6) is 0. The van der Waals surface area contributed by atoms with Crippen molar-refractivity contribution in [1.29, 1.82) is 0 Å². The van der Waals surface area contributed by atoms with E-state index < -0.39 is 29.3 Å². The second-order valence-electron chi connectivity index (χ2n) is 2.98. The van der Waals surface area contributed by atoms with Gasteiger partial charge in [-0.1, -0.05) is 0 Å². The zero-order chi connectivity index (χ0) is 11.5. The molecule has 0 unspecified atom stereocenters. The fraction of sp³-hybridized carbons (Fsp3) is 0.571. The molecule has 0 amide bonds. The van der Waals surface area contributed by atoms with E-state index in [4.69, 9.17) is 10.2 Å². The Balaban J connectivity index is 2.90. The first-order chi connectivity index (χ1) is 7.01. The van der Waals surface area contributed by atoms with Crippen molar-refractivity contribution in [2.75, 3.05) is 13.2 Å². The van der Waals surface area contributed by atoms with E-state index in [0.29, 0.717) is 0 Å². The fourth-order valence-electron chi connectivity index (χ4n) is 1.04. The van der Waals surface area contributed by atoms with Gasteiger partial charge < -0.3 is 10.2 Å². The highest BCUT2D eigenvalue weighted by Crippen LogP contribution is 2.06. The summed E-state index contributed by atoms with van der Waals surface area (Å²) in [7, 11) is -2.25. The van der Waals surface area contributed by atoms with Gasteiger partial charge >= 0.3 is 0 Å². The van der Waals surface area contributed by atoms with E-state index in [-0.39, 0.29) is 5.03 Å². The van der Waals surface area contributed by atoms with Crippen molar-refractivity contribution >= 4 is 10.0 Å². The van der Waals surface area contributed by atoms with Crippen molar-refractivity contribution in [2.24, 2.45) is 7.05 Å². The third-order valence-electron chi connectivity index (χ3n) is 1.81. The number of hydrogen-bond acceptors (Lipinski definition) is 5. The predicted octanol–water partition coefficient (Wildman–Crippen LogP) is -1.95. The van der Waals surface area contributed by atoms with Gasteiger partial charge in [-0.25, -0.2) is 13.1 Å². The Kier molecular flexibility index (Phi) is 3.80. The van der Waals surface area contributed by atoms with Crippen LogP contribution in [0, 0.1) is 0 Å². The molecule has 0 bridgehead atoms. The standard InChI is InChI=1S/C7H13N3O4S/c1-10-7(2-3-8-10)15(13,14)9-6(4-11)5-12/h2-3,6,9,11-12H,4-5H2,1H3. The number of aliphatic hydroxyl groups is 2. The minimum atomic E-state index is -3.74. The molecule has 0 aromatic carbocycles. The van der Waals surface area contributed by atoms with E-state index in [1.54, 1.807) is 0 Å². The predicted molar refractivity (Wildman–Crippen MR) is 51.5 cm³/mol. The summed E-state index contributed by atoms with van der Waals surface area (Å²) in [6.07, 6.45) is 1.35. The van der Waals surface area contributed by atoms with Crippen molar-refractivity contribution in [3.8, 4) is 0 Å². The number of rotatable bonds is 5. The minimum Gasteiger partial charge on any atom is -0.395 e. The zero-order valence-corrected chi connectivity index (χ0v) is 8.98. The molecule has 0 spiro atoms. The van der Waals surface area contributed by atoms with Gasteiger partial charge in [-0.15, -0.1) is 0 Å². The van der Waals surface area contributed by atoms with Crippen LogP contribution < -0.4 is 4.72 Å². The Labute approximate surface area is 87.4 Å². The molecule has 0 radical (unpaired) electrons. The Bertz CT molecular complexity index is 410. The van der Waals surface area contributed by atoms with E-state index in [1.165, 1.54) is 24.0 Å². The molecule has 0 aliphatic carbocycles. The SMILES string of the molecule is Cn1nccc1S(=O)(=O)NC(CO)CO. The molecule has 0 atom stereocenters. The van der Waals surface area contributed by atoms with Crippen LogP contribution in [0.3, 0.4) is 0 Å². The fourth-order valence-corrected chi connectivity index (χ4v) is 2.38. The minimum absolute atomic E-state index is 0.0191. The normalized spacial score (nSPS) is 12.3. The number of aliphatic hydroxyl groups excluding tert-OH is 2. The molecule has 1 aromatic heterocycles. The lowest BCUT2D eigenvalue weighted by Crippen LogP contribution is -2.40. The summed E-state index contributed by atoms with van der Waals surface area (Å²) in [5.41, 5.74) is 0. The van der Waals surface area contributed by atoms with E-state index in [0.717, 1.165) is 0 Å². The van der Waals surface area contributed by atoms with Gasteiger partial charge in [0.1, 0.15) is 0 Å². The van der Waals surface area contributed by atoms with Gasteiger partial charge in [0.05, 0.1) is 25.5 Å². The van der Waals surface area contributed by atoms with E-state index in [1.807, 2.05) is 0 Å². The summed E-state index contributed by atoms with van der Waals surface area (Å²) < 4.78 is 26.6. The Morgan fingerprint density at radius 3 is 2.53 bits per heavy atom. The lowest BCUT2D eigenvalue weighted by molar-refractivity contribution is 0.185. The summed E-state index contributed by atoms with van der Waals surface area (Å²) in [6, 6.07) is 0.429. The number of aromatic nitrogens is 2. The summed E-state index contributed by atoms with van der Waals surface area (Å²) in [5, 5.41) is 21.2. The van der Waals surface area contributed by atoms with Crippen LogP contribution in [-0.2, 0) is 17.1 Å². The Morgan fingerprint density at radius 1 is 1.53 bits per heavy atom. The van der Waals surface area contributed by atoms with Crippen molar-refractivity contribution in [2.45, 2.75) is 11.1 Å². The maximum Gasteiger partial charge on any atom is 0.258 e.